The predicted octanol–water partition coefficient (Wildman–Crippen LogP) is 5.47. The van der Waals surface area contributed by atoms with Crippen LogP contribution in [-0.2, 0) is 18.0 Å². The van der Waals surface area contributed by atoms with Gasteiger partial charge in [-0.25, -0.2) is 9.78 Å². The number of fused-ring (bicyclic) bond motifs is 1. The summed E-state index contributed by atoms with van der Waals surface area (Å²) >= 11 is 0. The number of aryl methyl sites for hydroxylation is 1. The molecule has 0 aliphatic heterocycles. The number of nitrogens with zero attached hydrogens (tertiary/aromatic N) is 1. The first-order valence-corrected chi connectivity index (χ1v) is 10.6. The molecule has 0 radical (unpaired) electrons. The van der Waals surface area contributed by atoms with Crippen molar-refractivity contribution in [1.29, 1.82) is 0 Å². The van der Waals surface area contributed by atoms with E-state index in [1.165, 1.54) is 0 Å². The van der Waals surface area contributed by atoms with E-state index in [0.29, 0.717) is 23.9 Å². The van der Waals surface area contributed by atoms with Gasteiger partial charge in [0.15, 0.2) is 6.61 Å². The maximum atomic E-state index is 11.0. The van der Waals surface area contributed by atoms with E-state index < -0.39 is 12.6 Å². The Balaban J connectivity index is 1.42. The molecular formula is C27H25NO5. The van der Waals surface area contributed by atoms with Crippen LogP contribution < -0.4 is 14.2 Å². The van der Waals surface area contributed by atoms with Crippen LogP contribution >= 0.6 is 0 Å². The SMILES string of the molecule is Cc1ccc(COc2cccc(OCc3ccc4ccccc4n3)c2)c(OCC(=O)O)c1C. The first-order valence-electron chi connectivity index (χ1n) is 10.6. The van der Waals surface area contributed by atoms with Crippen molar-refractivity contribution < 1.29 is 24.1 Å². The number of aromatic nitrogens is 1. The van der Waals surface area contributed by atoms with Gasteiger partial charge in [0.1, 0.15) is 30.5 Å². The van der Waals surface area contributed by atoms with Gasteiger partial charge in [-0.15, -0.1) is 0 Å². The summed E-state index contributed by atoms with van der Waals surface area (Å²) in [5, 5.41) is 10.1. The number of ether oxygens (including phenoxy) is 3. The van der Waals surface area contributed by atoms with Gasteiger partial charge in [-0.2, -0.15) is 0 Å². The van der Waals surface area contributed by atoms with E-state index in [4.69, 9.17) is 19.3 Å². The van der Waals surface area contributed by atoms with Gasteiger partial charge in [-0.1, -0.05) is 42.5 Å². The summed E-state index contributed by atoms with van der Waals surface area (Å²) in [6.45, 7) is 4.05. The summed E-state index contributed by atoms with van der Waals surface area (Å²) < 4.78 is 17.4. The molecule has 4 rings (SSSR count). The smallest absolute Gasteiger partial charge is 0.341 e. The normalized spacial score (nSPS) is 10.7. The Hall–Kier alpha value is -4.06. The molecule has 0 aliphatic rings. The number of benzene rings is 3. The van der Waals surface area contributed by atoms with Gasteiger partial charge < -0.3 is 19.3 Å². The summed E-state index contributed by atoms with van der Waals surface area (Å²) in [4.78, 5) is 15.6. The highest BCUT2D eigenvalue weighted by Gasteiger charge is 2.12. The lowest BCUT2D eigenvalue weighted by atomic mass is 10.0. The molecule has 0 unspecified atom stereocenters. The van der Waals surface area contributed by atoms with E-state index in [9.17, 15) is 4.79 Å². The van der Waals surface area contributed by atoms with E-state index >= 15 is 0 Å². The van der Waals surface area contributed by atoms with Gasteiger partial charge >= 0.3 is 5.97 Å². The minimum absolute atomic E-state index is 0.242. The lowest BCUT2D eigenvalue weighted by Crippen LogP contribution is -2.12. The van der Waals surface area contributed by atoms with Crippen molar-refractivity contribution in [3.63, 3.8) is 0 Å². The Morgan fingerprint density at radius 1 is 0.848 bits per heavy atom. The van der Waals surface area contributed by atoms with E-state index in [2.05, 4.69) is 4.98 Å². The topological polar surface area (TPSA) is 77.9 Å². The molecule has 3 aromatic carbocycles. The predicted molar refractivity (Wildman–Crippen MR) is 126 cm³/mol. The monoisotopic (exact) mass is 443 g/mol. The molecule has 1 aromatic heterocycles. The van der Waals surface area contributed by atoms with Gasteiger partial charge in [0.05, 0.1) is 11.2 Å². The van der Waals surface area contributed by atoms with Gasteiger partial charge in [-0.05, 0) is 49.2 Å². The van der Waals surface area contributed by atoms with Crippen LogP contribution in [-0.4, -0.2) is 22.7 Å². The molecular weight excluding hydrogens is 418 g/mol. The van der Waals surface area contributed by atoms with Crippen LogP contribution in [0, 0.1) is 13.8 Å². The average molecular weight is 443 g/mol. The fraction of sp³-hybridized carbons (Fsp3) is 0.185. The van der Waals surface area contributed by atoms with Crippen molar-refractivity contribution in [2.45, 2.75) is 27.1 Å². The second-order valence-electron chi connectivity index (χ2n) is 7.73. The number of hydrogen-bond donors (Lipinski definition) is 1. The van der Waals surface area contributed by atoms with Crippen LogP contribution in [0.25, 0.3) is 10.9 Å². The molecule has 0 fully saturated rings. The van der Waals surface area contributed by atoms with Crippen LogP contribution in [0.2, 0.25) is 0 Å². The summed E-state index contributed by atoms with van der Waals surface area (Å²) in [5.41, 5.74) is 4.49. The van der Waals surface area contributed by atoms with Crippen molar-refractivity contribution in [3.8, 4) is 17.2 Å². The Morgan fingerprint density at radius 3 is 2.39 bits per heavy atom. The highest BCUT2D eigenvalue weighted by molar-refractivity contribution is 5.78. The molecule has 4 aromatic rings. The van der Waals surface area contributed by atoms with Crippen molar-refractivity contribution in [1.82, 2.24) is 4.98 Å². The zero-order valence-electron chi connectivity index (χ0n) is 18.6. The van der Waals surface area contributed by atoms with E-state index in [1.807, 2.05) is 86.6 Å². The summed E-state index contributed by atoms with van der Waals surface area (Å²) in [6.07, 6.45) is 0. The van der Waals surface area contributed by atoms with E-state index in [0.717, 1.165) is 33.3 Å². The zero-order valence-corrected chi connectivity index (χ0v) is 18.6. The van der Waals surface area contributed by atoms with Gasteiger partial charge in [0.2, 0.25) is 0 Å². The third-order valence-electron chi connectivity index (χ3n) is 5.34. The molecule has 33 heavy (non-hydrogen) atoms. The van der Waals surface area contributed by atoms with Crippen molar-refractivity contribution >= 4 is 16.9 Å². The van der Waals surface area contributed by atoms with E-state index in [1.54, 1.807) is 0 Å². The van der Waals surface area contributed by atoms with Crippen LogP contribution in [0.1, 0.15) is 22.4 Å². The number of hydrogen-bond acceptors (Lipinski definition) is 5. The van der Waals surface area contributed by atoms with Gasteiger partial charge in [0, 0.05) is 17.0 Å². The molecule has 0 spiro atoms. The summed E-state index contributed by atoms with van der Waals surface area (Å²) in [6, 6.07) is 23.2. The number of para-hydroxylation sites is 1. The number of carboxylic acid groups (broad SMARTS) is 1. The lowest BCUT2D eigenvalue weighted by Gasteiger charge is -2.16. The molecule has 0 saturated heterocycles. The second kappa shape index (κ2) is 10.0. The van der Waals surface area contributed by atoms with Crippen LogP contribution in [0.15, 0.2) is 72.8 Å². The first kappa shape index (κ1) is 22.1. The quantitative estimate of drug-likeness (QED) is 0.369. The first-order chi connectivity index (χ1) is 16.0. The van der Waals surface area contributed by atoms with Crippen LogP contribution in [0.4, 0.5) is 0 Å². The average Bonchev–Trinajstić information content (AvgIpc) is 2.83. The van der Waals surface area contributed by atoms with Crippen molar-refractivity contribution in [2.24, 2.45) is 0 Å². The Morgan fingerprint density at radius 2 is 1.61 bits per heavy atom. The summed E-state index contributed by atoms with van der Waals surface area (Å²) in [5.74, 6) is 0.840. The molecule has 0 atom stereocenters. The number of rotatable bonds is 9. The number of pyridine rings is 1. The Kier molecular flexibility index (Phi) is 6.74. The minimum atomic E-state index is -1.02. The molecule has 1 heterocycles. The van der Waals surface area contributed by atoms with Crippen LogP contribution in [0.3, 0.4) is 0 Å². The Labute approximate surface area is 192 Å². The van der Waals surface area contributed by atoms with Crippen molar-refractivity contribution in [3.05, 3.63) is 95.2 Å². The summed E-state index contributed by atoms with van der Waals surface area (Å²) in [7, 11) is 0. The minimum Gasteiger partial charge on any atom is -0.489 e. The maximum Gasteiger partial charge on any atom is 0.341 e. The molecule has 6 nitrogen and oxygen atoms in total. The molecule has 0 amide bonds. The highest BCUT2D eigenvalue weighted by atomic mass is 16.5. The van der Waals surface area contributed by atoms with Crippen LogP contribution in [0.5, 0.6) is 17.2 Å². The van der Waals surface area contributed by atoms with E-state index in [-0.39, 0.29) is 6.61 Å². The fourth-order valence-electron chi connectivity index (χ4n) is 3.46. The van der Waals surface area contributed by atoms with Crippen molar-refractivity contribution in [2.75, 3.05) is 6.61 Å². The number of carboxylic acids is 1. The third kappa shape index (κ3) is 5.60. The van der Waals surface area contributed by atoms with Gasteiger partial charge in [-0.3, -0.25) is 0 Å². The third-order valence-corrected chi connectivity index (χ3v) is 5.34. The maximum absolute atomic E-state index is 11.0. The zero-order chi connectivity index (χ0) is 23.2. The molecule has 0 aliphatic carbocycles. The molecule has 0 bridgehead atoms. The number of aliphatic carboxylic acids is 1. The molecule has 168 valence electrons. The highest BCUT2D eigenvalue weighted by Crippen LogP contribution is 2.29. The fourth-order valence-corrected chi connectivity index (χ4v) is 3.46. The molecule has 0 saturated carbocycles. The standard InChI is InChI=1S/C27H25NO5/c1-18-10-11-21(27(19(18)2)33-17-26(29)30)15-31-23-7-5-8-24(14-23)32-16-22-13-12-20-6-3-4-9-25(20)28-22/h3-14H,15-17H2,1-2H3,(H,29,30). The second-order valence-corrected chi connectivity index (χ2v) is 7.73. The van der Waals surface area contributed by atoms with Gasteiger partial charge in [0.25, 0.3) is 0 Å². The largest absolute Gasteiger partial charge is 0.489 e. The molecule has 1 N–H and O–H groups in total. The Bertz CT molecular complexity index is 1280. The lowest BCUT2D eigenvalue weighted by molar-refractivity contribution is -0.139. The number of carbonyl (C=O) groups is 1. The molecule has 6 heteroatoms.